The fourth-order valence-corrected chi connectivity index (χ4v) is 10.5. The van der Waals surface area contributed by atoms with E-state index in [0.717, 1.165) is 68.4 Å². The monoisotopic (exact) mass is 732 g/mol. The molecule has 0 saturated carbocycles. The Morgan fingerprint density at radius 3 is 1.71 bits per heavy atom. The Morgan fingerprint density at radius 2 is 1.25 bits per heavy atom. The summed E-state index contributed by atoms with van der Waals surface area (Å²) < 4.78 is 0. The smallest absolute Gasteiger partial charge is 0.136 e. The summed E-state index contributed by atoms with van der Waals surface area (Å²) in [4.78, 5) is 37.5. The molecule has 4 aliphatic rings. The second kappa shape index (κ2) is 16.6. The predicted molar refractivity (Wildman–Crippen MR) is 215 cm³/mol. The SMILES string of the molecule is C=C(C)Cc1ncc(CN2CCCC(c3cc(C)nc4c3CC=C4)C2)s1.CC(=O)Cc1ncc(CN2CCCC(c3cc(C)nc4c3CC=C4)C2)s1. The number of rotatable bonds is 10. The molecule has 0 N–H and O–H groups in total. The van der Waals surface area contributed by atoms with E-state index in [1.165, 1.54) is 86.2 Å². The van der Waals surface area contributed by atoms with Crippen LogP contribution in [0.15, 0.2) is 48.8 Å². The van der Waals surface area contributed by atoms with E-state index in [9.17, 15) is 4.79 Å². The minimum absolute atomic E-state index is 0.180. The number of aromatic nitrogens is 4. The van der Waals surface area contributed by atoms with Gasteiger partial charge in [0.15, 0.2) is 0 Å². The zero-order valence-electron chi connectivity index (χ0n) is 31.3. The van der Waals surface area contributed by atoms with E-state index in [2.05, 4.69) is 94.7 Å². The molecule has 9 heteroatoms. The first-order chi connectivity index (χ1) is 25.2. The maximum Gasteiger partial charge on any atom is 0.136 e. The summed E-state index contributed by atoms with van der Waals surface area (Å²) in [6, 6.07) is 4.63. The van der Waals surface area contributed by atoms with Gasteiger partial charge in [0, 0.05) is 66.1 Å². The molecule has 52 heavy (non-hydrogen) atoms. The van der Waals surface area contributed by atoms with Gasteiger partial charge in [-0.3, -0.25) is 24.6 Å². The number of carbonyl (C=O) groups excluding carboxylic acids is 1. The van der Waals surface area contributed by atoms with E-state index in [-0.39, 0.29) is 5.78 Å². The summed E-state index contributed by atoms with van der Waals surface area (Å²) in [5.41, 5.74) is 11.8. The van der Waals surface area contributed by atoms with E-state index in [1.807, 2.05) is 17.5 Å². The molecule has 4 aromatic heterocycles. The van der Waals surface area contributed by atoms with Gasteiger partial charge in [-0.15, -0.1) is 22.7 Å². The molecule has 2 fully saturated rings. The summed E-state index contributed by atoms with van der Waals surface area (Å²) in [6.07, 6.45) is 21.3. The number of ketones is 1. The van der Waals surface area contributed by atoms with Gasteiger partial charge in [0.25, 0.3) is 0 Å². The van der Waals surface area contributed by atoms with E-state index >= 15 is 0 Å². The number of hydrogen-bond acceptors (Lipinski definition) is 9. The maximum absolute atomic E-state index is 11.3. The Morgan fingerprint density at radius 1 is 0.769 bits per heavy atom. The van der Waals surface area contributed by atoms with E-state index in [0.29, 0.717) is 18.3 Å². The molecule has 6 heterocycles. The molecule has 272 valence electrons. The molecule has 4 aromatic rings. The highest BCUT2D eigenvalue weighted by atomic mass is 32.1. The zero-order chi connectivity index (χ0) is 36.2. The van der Waals surface area contributed by atoms with Crippen LogP contribution in [0.2, 0.25) is 0 Å². The van der Waals surface area contributed by atoms with Gasteiger partial charge in [-0.25, -0.2) is 9.97 Å². The van der Waals surface area contributed by atoms with Gasteiger partial charge in [0.2, 0.25) is 0 Å². The number of likely N-dealkylation sites (tertiary alicyclic amines) is 2. The fraction of sp³-hybridized carbons (Fsp3) is 0.465. The highest BCUT2D eigenvalue weighted by molar-refractivity contribution is 7.11. The third kappa shape index (κ3) is 9.11. The molecule has 2 saturated heterocycles. The van der Waals surface area contributed by atoms with Crippen molar-refractivity contribution in [3.8, 4) is 0 Å². The Bertz CT molecular complexity index is 1850. The van der Waals surface area contributed by atoms with Crippen LogP contribution in [0, 0.1) is 13.8 Å². The van der Waals surface area contributed by atoms with Crippen LogP contribution in [0.5, 0.6) is 0 Å². The molecule has 2 atom stereocenters. The molecular weight excluding hydrogens is 681 g/mol. The maximum atomic E-state index is 11.3. The minimum Gasteiger partial charge on any atom is -0.300 e. The van der Waals surface area contributed by atoms with Crippen molar-refractivity contribution in [2.24, 2.45) is 0 Å². The predicted octanol–water partition coefficient (Wildman–Crippen LogP) is 8.84. The highest BCUT2D eigenvalue weighted by Gasteiger charge is 2.27. The number of nitrogens with zero attached hydrogens (tertiary/aromatic N) is 6. The average molecular weight is 733 g/mol. The first-order valence-electron chi connectivity index (χ1n) is 19.0. The minimum atomic E-state index is 0.180. The third-order valence-corrected chi connectivity index (χ3v) is 12.5. The number of fused-ring (bicyclic) bond motifs is 2. The van der Waals surface area contributed by atoms with Crippen molar-refractivity contribution in [3.63, 3.8) is 0 Å². The number of carbonyl (C=O) groups is 1. The van der Waals surface area contributed by atoms with E-state index in [4.69, 9.17) is 4.98 Å². The molecule has 2 unspecified atom stereocenters. The third-order valence-electron chi connectivity index (χ3n) is 10.5. The lowest BCUT2D eigenvalue weighted by atomic mass is 9.87. The van der Waals surface area contributed by atoms with Gasteiger partial charge in [0.1, 0.15) is 10.8 Å². The van der Waals surface area contributed by atoms with Gasteiger partial charge in [0.05, 0.1) is 22.8 Å². The Kier molecular flexibility index (Phi) is 11.7. The van der Waals surface area contributed by atoms with Gasteiger partial charge in [-0.05, 0) is 138 Å². The summed E-state index contributed by atoms with van der Waals surface area (Å²) in [5.74, 6) is 1.39. The molecule has 0 bridgehead atoms. The highest BCUT2D eigenvalue weighted by Crippen LogP contribution is 2.36. The van der Waals surface area contributed by atoms with E-state index in [1.54, 1.807) is 18.3 Å². The van der Waals surface area contributed by atoms with Crippen LogP contribution in [0.4, 0.5) is 0 Å². The first kappa shape index (κ1) is 36.7. The lowest BCUT2D eigenvalue weighted by molar-refractivity contribution is -0.116. The van der Waals surface area contributed by atoms with Crippen LogP contribution in [-0.2, 0) is 43.6 Å². The van der Waals surface area contributed by atoms with Crippen molar-refractivity contribution in [1.82, 2.24) is 29.7 Å². The van der Waals surface area contributed by atoms with Crippen LogP contribution in [0.3, 0.4) is 0 Å². The average Bonchev–Trinajstić information content (AvgIpc) is 3.93. The molecule has 7 nitrogen and oxygen atoms in total. The summed E-state index contributed by atoms with van der Waals surface area (Å²) in [7, 11) is 0. The number of piperidine rings is 2. The summed E-state index contributed by atoms with van der Waals surface area (Å²) >= 11 is 3.52. The first-order valence-corrected chi connectivity index (χ1v) is 20.6. The van der Waals surface area contributed by atoms with Gasteiger partial charge < -0.3 is 0 Å². The van der Waals surface area contributed by atoms with Crippen LogP contribution in [-0.4, -0.2) is 61.7 Å². The second-order valence-electron chi connectivity index (χ2n) is 15.2. The Labute approximate surface area is 317 Å². The van der Waals surface area contributed by atoms with Crippen LogP contribution in [0.25, 0.3) is 12.2 Å². The topological polar surface area (TPSA) is 75.1 Å². The van der Waals surface area contributed by atoms with Gasteiger partial charge in [-0.1, -0.05) is 24.3 Å². The zero-order valence-corrected chi connectivity index (χ0v) is 32.9. The molecule has 0 radical (unpaired) electrons. The molecule has 0 amide bonds. The molecular formula is C43H52N6OS2. The number of pyridine rings is 2. The lowest BCUT2D eigenvalue weighted by Crippen LogP contribution is -2.34. The number of aryl methyl sites for hydroxylation is 2. The number of hydrogen-bond donors (Lipinski definition) is 0. The molecule has 0 aromatic carbocycles. The largest absolute Gasteiger partial charge is 0.300 e. The fourth-order valence-electron chi connectivity index (χ4n) is 8.35. The van der Waals surface area contributed by atoms with Crippen molar-refractivity contribution in [1.29, 1.82) is 0 Å². The number of thiazole rings is 2. The second-order valence-corrected chi connectivity index (χ2v) is 17.6. The Hall–Kier alpha value is -3.63. The van der Waals surface area contributed by atoms with Gasteiger partial charge >= 0.3 is 0 Å². The quantitative estimate of drug-likeness (QED) is 0.151. The number of allylic oxidation sites excluding steroid dienone is 3. The van der Waals surface area contributed by atoms with Crippen molar-refractivity contribution in [2.45, 2.75) is 104 Å². The number of Topliss-reactive ketones (excluding diaryl/α,β-unsaturated/α-hetero) is 1. The van der Waals surface area contributed by atoms with Crippen LogP contribution < -0.4 is 0 Å². The summed E-state index contributed by atoms with van der Waals surface area (Å²) in [5, 5.41) is 2.13. The molecule has 8 rings (SSSR count). The molecule has 0 spiro atoms. The van der Waals surface area contributed by atoms with Crippen molar-refractivity contribution >= 4 is 40.6 Å². The van der Waals surface area contributed by atoms with Crippen molar-refractivity contribution in [3.05, 3.63) is 114 Å². The Balaban J connectivity index is 0.000000162. The van der Waals surface area contributed by atoms with E-state index < -0.39 is 0 Å². The van der Waals surface area contributed by atoms with Crippen molar-refractivity contribution in [2.75, 3.05) is 26.2 Å². The lowest BCUT2D eigenvalue weighted by Gasteiger charge is -2.33. The van der Waals surface area contributed by atoms with Crippen LogP contribution in [0.1, 0.15) is 116 Å². The molecule has 2 aliphatic carbocycles. The van der Waals surface area contributed by atoms with Crippen LogP contribution >= 0.6 is 22.7 Å². The summed E-state index contributed by atoms with van der Waals surface area (Å²) in [6.45, 7) is 18.4. The van der Waals surface area contributed by atoms with Crippen molar-refractivity contribution < 1.29 is 4.79 Å². The van der Waals surface area contributed by atoms with Gasteiger partial charge in [-0.2, -0.15) is 0 Å². The normalized spacial score (nSPS) is 19.7. The molecule has 2 aliphatic heterocycles. The standard InChI is InChI=1S/C22H27N3S.C21H25N3OS/c1-15(2)10-22-23-12-18(26-22)14-25-9-5-6-17(13-25)20-11-16(3)24-21-8-4-7-19(20)21;1-14-9-19(18-6-3-7-20(18)23-14)16-5-4-8-24(12-16)13-17-11-22-21(26-17)10-15(2)25/h4,8,11-12,17H,1,5-7,9-10,13-14H2,2-3H3;3,7,9,11,16H,4-6,8,10,12-13H2,1-2H3.